The summed E-state index contributed by atoms with van der Waals surface area (Å²) in [5.41, 5.74) is 4.08. The molecule has 1 unspecified atom stereocenters. The highest BCUT2D eigenvalue weighted by molar-refractivity contribution is 7.89. The summed E-state index contributed by atoms with van der Waals surface area (Å²) in [5, 5.41) is 0.533. The number of sulfonamides is 1. The van der Waals surface area contributed by atoms with Crippen LogP contribution in [0.2, 0.25) is 0 Å². The lowest BCUT2D eigenvalue weighted by Gasteiger charge is -2.28. The fourth-order valence-corrected chi connectivity index (χ4v) is 7.08. The number of furan rings is 1. The summed E-state index contributed by atoms with van der Waals surface area (Å²) in [6, 6.07) is 13.6. The Morgan fingerprint density at radius 2 is 1.89 bits per heavy atom. The van der Waals surface area contributed by atoms with E-state index in [-0.39, 0.29) is 17.3 Å². The van der Waals surface area contributed by atoms with E-state index in [4.69, 9.17) is 9.40 Å². The maximum Gasteiger partial charge on any atom is 0.247 e. The highest BCUT2D eigenvalue weighted by Crippen LogP contribution is 2.34. The monoisotopic (exact) mass is 509 g/mol. The molecular formula is C26H27N3O4S2. The van der Waals surface area contributed by atoms with Gasteiger partial charge in [-0.15, -0.1) is 0 Å². The number of rotatable bonds is 6. The molecular weight excluding hydrogens is 482 g/mol. The number of carbonyl (C=O) groups is 1. The van der Waals surface area contributed by atoms with Crippen LogP contribution in [0, 0.1) is 20.8 Å². The third-order valence-corrected chi connectivity index (χ3v) is 9.46. The van der Waals surface area contributed by atoms with Gasteiger partial charge in [-0.05, 0) is 81.1 Å². The lowest BCUT2D eigenvalue weighted by atomic mass is 10.1. The van der Waals surface area contributed by atoms with Crippen molar-refractivity contribution in [3.05, 3.63) is 77.2 Å². The van der Waals surface area contributed by atoms with E-state index in [1.165, 1.54) is 15.6 Å². The molecule has 4 aromatic rings. The van der Waals surface area contributed by atoms with E-state index in [0.29, 0.717) is 30.3 Å². The fraction of sp³-hybridized carbons (Fsp3) is 0.308. The predicted molar refractivity (Wildman–Crippen MR) is 137 cm³/mol. The van der Waals surface area contributed by atoms with Crippen LogP contribution in [0.25, 0.3) is 10.2 Å². The highest BCUT2D eigenvalue weighted by Gasteiger charge is 2.42. The van der Waals surface area contributed by atoms with E-state index < -0.39 is 16.1 Å². The molecule has 0 N–H and O–H groups in total. The van der Waals surface area contributed by atoms with Crippen molar-refractivity contribution in [1.29, 1.82) is 0 Å². The zero-order chi connectivity index (χ0) is 24.7. The molecule has 1 aliphatic rings. The molecule has 1 aliphatic heterocycles. The first-order valence-electron chi connectivity index (χ1n) is 11.5. The van der Waals surface area contributed by atoms with Crippen LogP contribution in [-0.2, 0) is 21.4 Å². The first-order chi connectivity index (χ1) is 16.7. The van der Waals surface area contributed by atoms with Gasteiger partial charge in [0.2, 0.25) is 15.9 Å². The Morgan fingerprint density at radius 1 is 1.14 bits per heavy atom. The lowest BCUT2D eigenvalue weighted by Crippen LogP contribution is -2.47. The fourth-order valence-electron chi connectivity index (χ4n) is 4.38. The number of carbonyl (C=O) groups excluding carboxylic acids is 1. The van der Waals surface area contributed by atoms with Gasteiger partial charge in [-0.3, -0.25) is 9.69 Å². The Bertz CT molecular complexity index is 1440. The molecule has 35 heavy (non-hydrogen) atoms. The number of anilines is 1. The van der Waals surface area contributed by atoms with Crippen LogP contribution in [0.15, 0.2) is 64.1 Å². The summed E-state index contributed by atoms with van der Waals surface area (Å²) in [6.07, 6.45) is 2.64. The van der Waals surface area contributed by atoms with E-state index in [1.54, 1.807) is 47.6 Å². The summed E-state index contributed by atoms with van der Waals surface area (Å²) in [5.74, 6) is 0.318. The average molecular weight is 510 g/mol. The second kappa shape index (κ2) is 9.22. The Labute approximate surface area is 209 Å². The molecule has 5 rings (SSSR count). The molecule has 0 spiro atoms. The average Bonchev–Trinajstić information content (AvgIpc) is 3.58. The van der Waals surface area contributed by atoms with Gasteiger partial charge < -0.3 is 4.42 Å². The number of aromatic nitrogens is 1. The van der Waals surface area contributed by atoms with Crippen molar-refractivity contribution in [1.82, 2.24) is 9.29 Å². The van der Waals surface area contributed by atoms with Crippen molar-refractivity contribution >= 4 is 42.6 Å². The van der Waals surface area contributed by atoms with E-state index in [2.05, 4.69) is 6.07 Å². The van der Waals surface area contributed by atoms with Gasteiger partial charge in [0.15, 0.2) is 5.13 Å². The Hall–Kier alpha value is -3.01. The van der Waals surface area contributed by atoms with Crippen molar-refractivity contribution in [3.8, 4) is 0 Å². The maximum absolute atomic E-state index is 14.0. The predicted octanol–water partition coefficient (Wildman–Crippen LogP) is 5.20. The number of hydrogen-bond acceptors (Lipinski definition) is 6. The SMILES string of the molecule is Cc1ccc(S(=O)(=O)N2CCCC2C(=O)N(Cc2ccco2)c2nc3cc(C)c(C)cc3s2)cc1. The second-order valence-corrected chi connectivity index (χ2v) is 11.9. The van der Waals surface area contributed by atoms with Gasteiger partial charge >= 0.3 is 0 Å². The molecule has 182 valence electrons. The molecule has 9 heteroatoms. The molecule has 0 radical (unpaired) electrons. The Kier molecular flexibility index (Phi) is 6.25. The highest BCUT2D eigenvalue weighted by atomic mass is 32.2. The lowest BCUT2D eigenvalue weighted by molar-refractivity contribution is -0.121. The minimum atomic E-state index is -3.82. The zero-order valence-electron chi connectivity index (χ0n) is 19.9. The van der Waals surface area contributed by atoms with E-state index in [1.807, 2.05) is 26.8 Å². The van der Waals surface area contributed by atoms with Crippen LogP contribution in [-0.4, -0.2) is 36.2 Å². The molecule has 7 nitrogen and oxygen atoms in total. The van der Waals surface area contributed by atoms with Gasteiger partial charge in [0.05, 0.1) is 27.9 Å². The molecule has 3 heterocycles. The molecule has 2 aromatic heterocycles. The summed E-state index contributed by atoms with van der Waals surface area (Å²) in [7, 11) is -3.82. The quantitative estimate of drug-likeness (QED) is 0.357. The maximum atomic E-state index is 14.0. The first kappa shape index (κ1) is 23.7. The third kappa shape index (κ3) is 4.51. The first-order valence-corrected chi connectivity index (χ1v) is 13.8. The molecule has 0 aliphatic carbocycles. The molecule has 1 atom stereocenters. The summed E-state index contributed by atoms with van der Waals surface area (Å²) >= 11 is 1.43. The molecule has 1 amide bonds. The summed E-state index contributed by atoms with van der Waals surface area (Å²) < 4.78 is 34.8. The molecule has 0 bridgehead atoms. The molecule has 2 aromatic carbocycles. The van der Waals surface area contributed by atoms with Crippen molar-refractivity contribution in [2.45, 2.75) is 51.1 Å². The Morgan fingerprint density at radius 3 is 2.60 bits per heavy atom. The van der Waals surface area contributed by atoms with Crippen LogP contribution in [0.4, 0.5) is 5.13 Å². The van der Waals surface area contributed by atoms with Gasteiger partial charge in [-0.25, -0.2) is 13.4 Å². The van der Waals surface area contributed by atoms with Crippen LogP contribution in [0.5, 0.6) is 0 Å². The van der Waals surface area contributed by atoms with E-state index in [9.17, 15) is 13.2 Å². The molecule has 1 fully saturated rings. The van der Waals surface area contributed by atoms with Crippen molar-refractivity contribution in [2.24, 2.45) is 0 Å². The van der Waals surface area contributed by atoms with Gasteiger partial charge in [0, 0.05) is 6.54 Å². The number of fused-ring (bicyclic) bond motifs is 1. The third-order valence-electron chi connectivity index (χ3n) is 6.50. The van der Waals surface area contributed by atoms with Crippen molar-refractivity contribution < 1.29 is 17.6 Å². The second-order valence-electron chi connectivity index (χ2n) is 8.99. The van der Waals surface area contributed by atoms with Crippen LogP contribution in [0.3, 0.4) is 0 Å². The zero-order valence-corrected chi connectivity index (χ0v) is 21.5. The number of hydrogen-bond donors (Lipinski definition) is 0. The summed E-state index contributed by atoms with van der Waals surface area (Å²) in [6.45, 7) is 6.47. The van der Waals surface area contributed by atoms with Gasteiger partial charge in [-0.2, -0.15) is 4.31 Å². The van der Waals surface area contributed by atoms with Crippen molar-refractivity contribution in [3.63, 3.8) is 0 Å². The van der Waals surface area contributed by atoms with Gasteiger partial charge in [0.1, 0.15) is 11.8 Å². The molecule has 1 saturated heterocycles. The van der Waals surface area contributed by atoms with E-state index in [0.717, 1.165) is 26.9 Å². The normalized spacial score (nSPS) is 16.7. The topological polar surface area (TPSA) is 83.7 Å². The number of benzene rings is 2. The smallest absolute Gasteiger partial charge is 0.247 e. The number of aryl methyl sites for hydroxylation is 3. The van der Waals surface area contributed by atoms with E-state index >= 15 is 0 Å². The summed E-state index contributed by atoms with van der Waals surface area (Å²) in [4.78, 5) is 20.5. The largest absolute Gasteiger partial charge is 0.467 e. The minimum absolute atomic E-state index is 0.179. The minimum Gasteiger partial charge on any atom is -0.467 e. The molecule has 0 saturated carbocycles. The Balaban J connectivity index is 1.52. The number of thiazole rings is 1. The van der Waals surface area contributed by atoms with Gasteiger partial charge in [0.25, 0.3) is 0 Å². The van der Waals surface area contributed by atoms with Crippen LogP contribution < -0.4 is 4.90 Å². The van der Waals surface area contributed by atoms with Crippen LogP contribution in [0.1, 0.15) is 35.3 Å². The number of nitrogens with zero attached hydrogens (tertiary/aromatic N) is 3. The number of amides is 1. The van der Waals surface area contributed by atoms with Crippen molar-refractivity contribution in [2.75, 3.05) is 11.4 Å². The van der Waals surface area contributed by atoms with Gasteiger partial charge in [-0.1, -0.05) is 29.0 Å². The standard InChI is InChI=1S/C26H27N3O4S2/c1-17-8-10-21(11-9-17)35(31,32)29-12-4-7-23(29)25(30)28(16-20-6-5-13-33-20)26-27-22-14-18(2)19(3)15-24(22)34-26/h5-6,8-11,13-15,23H,4,7,12,16H2,1-3H3. The van der Waals surface area contributed by atoms with Crippen LogP contribution >= 0.6 is 11.3 Å².